The van der Waals surface area contributed by atoms with Gasteiger partial charge in [0.15, 0.2) is 0 Å². The van der Waals surface area contributed by atoms with E-state index in [2.05, 4.69) is 62.7 Å². The number of hydrogen-bond acceptors (Lipinski definition) is 5. The predicted octanol–water partition coefficient (Wildman–Crippen LogP) is 4.49. The summed E-state index contributed by atoms with van der Waals surface area (Å²) in [4.78, 5) is 28.5. The Morgan fingerprint density at radius 2 is 1.81 bits per heavy atom. The van der Waals surface area contributed by atoms with E-state index in [4.69, 9.17) is 4.52 Å². The number of aromatic nitrogens is 2. The van der Waals surface area contributed by atoms with E-state index >= 15 is 0 Å². The SMILES string of the molecule is CC(C)c1ccc(-c2noc(CCC(=O)NCCCNC(=O)c3cccc(Br)c3)n2)cc1. The number of hydrogen-bond donors (Lipinski definition) is 2. The topological polar surface area (TPSA) is 97.1 Å². The molecule has 168 valence electrons. The van der Waals surface area contributed by atoms with Crippen LogP contribution >= 0.6 is 15.9 Å². The minimum absolute atomic E-state index is 0.0932. The monoisotopic (exact) mass is 498 g/mol. The molecule has 0 aliphatic carbocycles. The van der Waals surface area contributed by atoms with Crippen molar-refractivity contribution in [1.29, 1.82) is 0 Å². The number of carbonyl (C=O) groups excluding carboxylic acids is 2. The van der Waals surface area contributed by atoms with Crippen molar-refractivity contribution < 1.29 is 14.1 Å². The molecule has 0 unspecified atom stereocenters. The van der Waals surface area contributed by atoms with Crippen molar-refractivity contribution >= 4 is 27.7 Å². The summed E-state index contributed by atoms with van der Waals surface area (Å²) in [6.07, 6.45) is 1.28. The molecule has 0 aliphatic heterocycles. The van der Waals surface area contributed by atoms with Gasteiger partial charge < -0.3 is 15.2 Å². The zero-order valence-corrected chi connectivity index (χ0v) is 19.8. The van der Waals surface area contributed by atoms with Gasteiger partial charge in [-0.05, 0) is 36.1 Å². The average Bonchev–Trinajstić information content (AvgIpc) is 3.26. The second kappa shape index (κ2) is 11.6. The first-order valence-corrected chi connectivity index (χ1v) is 11.4. The van der Waals surface area contributed by atoms with Crippen molar-refractivity contribution in [3.05, 3.63) is 70.0 Å². The maximum absolute atomic E-state index is 12.1. The summed E-state index contributed by atoms with van der Waals surface area (Å²) in [7, 11) is 0. The third-order valence-corrected chi connectivity index (χ3v) is 5.41. The molecule has 3 rings (SSSR count). The Morgan fingerprint density at radius 1 is 1.06 bits per heavy atom. The zero-order chi connectivity index (χ0) is 22.9. The van der Waals surface area contributed by atoms with E-state index in [1.165, 1.54) is 5.56 Å². The molecule has 0 saturated heterocycles. The van der Waals surface area contributed by atoms with Crippen molar-refractivity contribution in [2.24, 2.45) is 0 Å². The highest BCUT2D eigenvalue weighted by molar-refractivity contribution is 9.10. The molecule has 32 heavy (non-hydrogen) atoms. The van der Waals surface area contributed by atoms with Gasteiger partial charge in [0.25, 0.3) is 5.91 Å². The van der Waals surface area contributed by atoms with Gasteiger partial charge in [0, 0.05) is 41.5 Å². The maximum Gasteiger partial charge on any atom is 0.251 e. The summed E-state index contributed by atoms with van der Waals surface area (Å²) in [5, 5.41) is 9.70. The lowest BCUT2D eigenvalue weighted by molar-refractivity contribution is -0.121. The highest BCUT2D eigenvalue weighted by Gasteiger charge is 2.11. The standard InChI is InChI=1S/C24H27BrN4O3/c1-16(2)17-7-9-18(10-8-17)23-28-22(32-29-23)12-11-21(30)26-13-4-14-27-24(31)19-5-3-6-20(25)15-19/h3,5-10,15-16H,4,11-14H2,1-2H3,(H,26,30)(H,27,31). The Labute approximate surface area is 196 Å². The van der Waals surface area contributed by atoms with E-state index in [0.717, 1.165) is 10.0 Å². The van der Waals surface area contributed by atoms with E-state index in [0.29, 0.717) is 49.1 Å². The lowest BCUT2D eigenvalue weighted by atomic mass is 10.0. The van der Waals surface area contributed by atoms with Gasteiger partial charge in [0.05, 0.1) is 0 Å². The fourth-order valence-electron chi connectivity index (χ4n) is 3.05. The van der Waals surface area contributed by atoms with Crippen LogP contribution in [0.1, 0.15) is 54.4 Å². The molecule has 8 heteroatoms. The van der Waals surface area contributed by atoms with Gasteiger partial charge in [-0.25, -0.2) is 0 Å². The van der Waals surface area contributed by atoms with Gasteiger partial charge in [-0.15, -0.1) is 0 Å². The number of halogens is 1. The lowest BCUT2D eigenvalue weighted by Crippen LogP contribution is -2.30. The third kappa shape index (κ3) is 7.02. The molecule has 3 aromatic rings. The van der Waals surface area contributed by atoms with Crippen LogP contribution in [0, 0.1) is 0 Å². The Hall–Kier alpha value is -3.00. The van der Waals surface area contributed by atoms with Crippen LogP contribution in [-0.2, 0) is 11.2 Å². The number of nitrogens with one attached hydrogen (secondary N) is 2. The summed E-state index contributed by atoms with van der Waals surface area (Å²) < 4.78 is 6.13. The first-order chi connectivity index (χ1) is 15.4. The van der Waals surface area contributed by atoms with Gasteiger partial charge in [-0.3, -0.25) is 9.59 Å². The van der Waals surface area contributed by atoms with E-state index in [-0.39, 0.29) is 18.2 Å². The van der Waals surface area contributed by atoms with Crippen molar-refractivity contribution in [2.75, 3.05) is 13.1 Å². The smallest absolute Gasteiger partial charge is 0.251 e. The molecule has 0 radical (unpaired) electrons. The molecule has 0 bridgehead atoms. The van der Waals surface area contributed by atoms with Gasteiger partial charge in [-0.2, -0.15) is 4.98 Å². The summed E-state index contributed by atoms with van der Waals surface area (Å²) in [5.41, 5.74) is 2.74. The molecule has 2 amide bonds. The number of nitrogens with zero attached hydrogens (tertiary/aromatic N) is 2. The van der Waals surface area contributed by atoms with Crippen LogP contribution in [0.5, 0.6) is 0 Å². The average molecular weight is 499 g/mol. The molecule has 1 aromatic heterocycles. The number of amides is 2. The van der Waals surface area contributed by atoms with Gasteiger partial charge in [0.2, 0.25) is 17.6 Å². The summed E-state index contributed by atoms with van der Waals surface area (Å²) in [6, 6.07) is 15.3. The molecule has 0 atom stereocenters. The molecule has 0 aliphatic rings. The minimum atomic E-state index is -0.135. The lowest BCUT2D eigenvalue weighted by Gasteiger charge is -2.07. The second-order valence-corrected chi connectivity index (χ2v) is 8.67. The van der Waals surface area contributed by atoms with Crippen molar-refractivity contribution in [3.63, 3.8) is 0 Å². The van der Waals surface area contributed by atoms with Crippen molar-refractivity contribution in [2.45, 2.75) is 39.0 Å². The number of benzene rings is 2. The highest BCUT2D eigenvalue weighted by Crippen LogP contribution is 2.20. The fourth-order valence-corrected chi connectivity index (χ4v) is 3.45. The number of aryl methyl sites for hydroxylation is 1. The summed E-state index contributed by atoms with van der Waals surface area (Å²) in [6.45, 7) is 5.25. The third-order valence-electron chi connectivity index (χ3n) is 4.92. The van der Waals surface area contributed by atoms with Crippen LogP contribution in [-0.4, -0.2) is 35.0 Å². The Kier molecular flexibility index (Phi) is 8.56. The van der Waals surface area contributed by atoms with Gasteiger partial charge in [-0.1, -0.05) is 65.3 Å². The maximum atomic E-state index is 12.1. The molecular formula is C24H27BrN4O3. The quantitative estimate of drug-likeness (QED) is 0.401. The van der Waals surface area contributed by atoms with Crippen LogP contribution in [0.4, 0.5) is 0 Å². The number of carbonyl (C=O) groups is 2. The van der Waals surface area contributed by atoms with Crippen LogP contribution in [0.3, 0.4) is 0 Å². The van der Waals surface area contributed by atoms with E-state index < -0.39 is 0 Å². The molecule has 0 saturated carbocycles. The molecule has 1 heterocycles. The summed E-state index contributed by atoms with van der Waals surface area (Å²) >= 11 is 3.35. The molecule has 2 aromatic carbocycles. The minimum Gasteiger partial charge on any atom is -0.356 e. The van der Waals surface area contributed by atoms with E-state index in [1.807, 2.05) is 24.3 Å². The second-order valence-electron chi connectivity index (χ2n) is 7.76. The first-order valence-electron chi connectivity index (χ1n) is 10.7. The normalized spacial score (nSPS) is 10.9. The predicted molar refractivity (Wildman–Crippen MR) is 126 cm³/mol. The molecule has 7 nitrogen and oxygen atoms in total. The van der Waals surface area contributed by atoms with Crippen LogP contribution in [0.25, 0.3) is 11.4 Å². The summed E-state index contributed by atoms with van der Waals surface area (Å²) in [5.74, 6) is 1.19. The first kappa shape index (κ1) is 23.7. The van der Waals surface area contributed by atoms with Crippen LogP contribution in [0.2, 0.25) is 0 Å². The van der Waals surface area contributed by atoms with Gasteiger partial charge in [0.1, 0.15) is 0 Å². The fraction of sp³-hybridized carbons (Fsp3) is 0.333. The van der Waals surface area contributed by atoms with Gasteiger partial charge >= 0.3 is 0 Å². The molecular weight excluding hydrogens is 472 g/mol. The zero-order valence-electron chi connectivity index (χ0n) is 18.2. The molecule has 2 N–H and O–H groups in total. The molecule has 0 spiro atoms. The van der Waals surface area contributed by atoms with Crippen molar-refractivity contribution in [3.8, 4) is 11.4 Å². The van der Waals surface area contributed by atoms with Crippen molar-refractivity contribution in [1.82, 2.24) is 20.8 Å². The Morgan fingerprint density at radius 3 is 2.53 bits per heavy atom. The van der Waals surface area contributed by atoms with E-state index in [9.17, 15) is 9.59 Å². The Balaban J connectivity index is 1.34. The highest BCUT2D eigenvalue weighted by atomic mass is 79.9. The molecule has 0 fully saturated rings. The van der Waals surface area contributed by atoms with Crippen LogP contribution in [0.15, 0.2) is 57.5 Å². The number of rotatable bonds is 10. The van der Waals surface area contributed by atoms with Crippen LogP contribution < -0.4 is 10.6 Å². The van der Waals surface area contributed by atoms with E-state index in [1.54, 1.807) is 12.1 Å². The largest absolute Gasteiger partial charge is 0.356 e. The Bertz CT molecular complexity index is 1050.